The van der Waals surface area contributed by atoms with Gasteiger partial charge in [-0.25, -0.2) is 4.79 Å². The number of methoxy groups -OCH3 is 1. The molecule has 0 unspecified atom stereocenters. The molecule has 0 heterocycles. The number of halogens is 1. The van der Waals surface area contributed by atoms with Crippen molar-refractivity contribution in [3.05, 3.63) is 22.7 Å². The Morgan fingerprint density at radius 3 is 2.76 bits per heavy atom. The predicted molar refractivity (Wildman–Crippen MR) is 83.0 cm³/mol. The first-order valence-corrected chi connectivity index (χ1v) is 7.04. The van der Waals surface area contributed by atoms with Crippen LogP contribution in [0.4, 0.5) is 11.4 Å². The van der Waals surface area contributed by atoms with E-state index in [1.165, 1.54) is 6.07 Å². The van der Waals surface area contributed by atoms with Crippen LogP contribution < -0.4 is 11.1 Å². The Morgan fingerprint density at radius 1 is 1.33 bits per heavy atom. The van der Waals surface area contributed by atoms with Crippen LogP contribution in [0.25, 0.3) is 0 Å². The van der Waals surface area contributed by atoms with Crippen LogP contribution in [0, 0.1) is 0 Å². The zero-order valence-electron chi connectivity index (χ0n) is 12.3. The SMILES string of the molecule is CCOC(=O)c1cc(N)cc(Cl)c1NCCOCCOC. The minimum absolute atomic E-state index is 0.283. The van der Waals surface area contributed by atoms with E-state index in [-0.39, 0.29) is 6.61 Å². The second-order valence-electron chi connectivity index (χ2n) is 4.18. The molecule has 1 aromatic rings. The van der Waals surface area contributed by atoms with Gasteiger partial charge in [0, 0.05) is 19.3 Å². The lowest BCUT2D eigenvalue weighted by Crippen LogP contribution is -2.15. The Labute approximate surface area is 129 Å². The van der Waals surface area contributed by atoms with Crippen LogP contribution in [0.5, 0.6) is 0 Å². The maximum absolute atomic E-state index is 11.9. The fraction of sp³-hybridized carbons (Fsp3) is 0.500. The molecule has 0 aliphatic carbocycles. The molecule has 1 aromatic carbocycles. The molecular formula is C14H21ClN2O4. The van der Waals surface area contributed by atoms with Gasteiger partial charge in [0.1, 0.15) is 0 Å². The molecule has 0 bridgehead atoms. The number of rotatable bonds is 9. The molecule has 1 rings (SSSR count). The van der Waals surface area contributed by atoms with E-state index in [4.69, 9.17) is 31.5 Å². The Balaban J connectivity index is 2.69. The summed E-state index contributed by atoms with van der Waals surface area (Å²) in [5.74, 6) is -0.463. The minimum atomic E-state index is -0.463. The number of anilines is 2. The van der Waals surface area contributed by atoms with Crippen molar-refractivity contribution >= 4 is 28.9 Å². The predicted octanol–water partition coefficient (Wildman–Crippen LogP) is 2.17. The minimum Gasteiger partial charge on any atom is -0.462 e. The van der Waals surface area contributed by atoms with Gasteiger partial charge < -0.3 is 25.3 Å². The summed E-state index contributed by atoms with van der Waals surface area (Å²) in [6.45, 7) is 4.04. The van der Waals surface area contributed by atoms with Crippen molar-refractivity contribution in [2.24, 2.45) is 0 Å². The van der Waals surface area contributed by atoms with Gasteiger partial charge in [0.05, 0.1) is 42.7 Å². The second-order valence-corrected chi connectivity index (χ2v) is 4.58. The summed E-state index contributed by atoms with van der Waals surface area (Å²) in [6.07, 6.45) is 0. The molecule has 0 spiro atoms. The van der Waals surface area contributed by atoms with Gasteiger partial charge in [0.2, 0.25) is 0 Å². The Kier molecular flexibility index (Phi) is 7.89. The van der Waals surface area contributed by atoms with Gasteiger partial charge in [-0.3, -0.25) is 0 Å². The first kappa shape index (κ1) is 17.6. The van der Waals surface area contributed by atoms with Gasteiger partial charge in [-0.2, -0.15) is 0 Å². The van der Waals surface area contributed by atoms with Crippen LogP contribution in [-0.4, -0.2) is 46.1 Å². The summed E-state index contributed by atoms with van der Waals surface area (Å²) in [4.78, 5) is 11.9. The number of carbonyl (C=O) groups is 1. The highest BCUT2D eigenvalue weighted by Gasteiger charge is 2.16. The molecular weight excluding hydrogens is 296 g/mol. The molecule has 0 radical (unpaired) electrons. The number of nitrogens with two attached hydrogens (primary N) is 1. The molecule has 0 saturated heterocycles. The van der Waals surface area contributed by atoms with Crippen LogP contribution in [0.3, 0.4) is 0 Å². The van der Waals surface area contributed by atoms with Crippen LogP contribution in [0.15, 0.2) is 12.1 Å². The second kappa shape index (κ2) is 9.44. The van der Waals surface area contributed by atoms with E-state index in [1.54, 1.807) is 20.1 Å². The van der Waals surface area contributed by atoms with E-state index in [2.05, 4.69) is 5.32 Å². The molecule has 0 saturated carbocycles. The molecule has 0 fully saturated rings. The van der Waals surface area contributed by atoms with E-state index in [9.17, 15) is 4.79 Å². The average molecular weight is 317 g/mol. The summed E-state index contributed by atoms with van der Waals surface area (Å²) < 4.78 is 15.2. The third-order valence-electron chi connectivity index (χ3n) is 2.59. The molecule has 7 heteroatoms. The van der Waals surface area contributed by atoms with E-state index in [1.807, 2.05) is 0 Å². The van der Waals surface area contributed by atoms with Gasteiger partial charge in [0.25, 0.3) is 0 Å². The van der Waals surface area contributed by atoms with Gasteiger partial charge in [0.15, 0.2) is 0 Å². The highest BCUT2D eigenvalue weighted by Crippen LogP contribution is 2.29. The average Bonchev–Trinajstić information content (AvgIpc) is 2.44. The fourth-order valence-corrected chi connectivity index (χ4v) is 1.96. The van der Waals surface area contributed by atoms with Crippen molar-refractivity contribution < 1.29 is 19.0 Å². The maximum Gasteiger partial charge on any atom is 0.340 e. The molecule has 0 amide bonds. The molecule has 0 aromatic heterocycles. The maximum atomic E-state index is 11.9. The van der Waals surface area contributed by atoms with E-state index >= 15 is 0 Å². The fourth-order valence-electron chi connectivity index (χ4n) is 1.67. The third-order valence-corrected chi connectivity index (χ3v) is 2.89. The zero-order chi connectivity index (χ0) is 15.7. The highest BCUT2D eigenvalue weighted by atomic mass is 35.5. The number of nitrogens with one attached hydrogen (secondary N) is 1. The monoisotopic (exact) mass is 316 g/mol. The summed E-state index contributed by atoms with van der Waals surface area (Å²) in [5.41, 5.74) is 6.94. The number of ether oxygens (including phenoxy) is 3. The molecule has 6 nitrogen and oxygen atoms in total. The van der Waals surface area contributed by atoms with Gasteiger partial charge in [-0.1, -0.05) is 11.6 Å². The third kappa shape index (κ3) is 5.79. The van der Waals surface area contributed by atoms with Crippen molar-refractivity contribution in [2.75, 3.05) is 51.1 Å². The summed E-state index contributed by atoms with van der Waals surface area (Å²) in [5, 5.41) is 3.44. The van der Waals surface area contributed by atoms with Crippen molar-refractivity contribution in [3.63, 3.8) is 0 Å². The van der Waals surface area contributed by atoms with E-state index in [0.29, 0.717) is 48.3 Å². The Hall–Kier alpha value is -1.50. The lowest BCUT2D eigenvalue weighted by atomic mass is 10.1. The lowest BCUT2D eigenvalue weighted by molar-refractivity contribution is 0.0527. The Bertz CT molecular complexity index is 469. The number of hydrogen-bond donors (Lipinski definition) is 2. The van der Waals surface area contributed by atoms with Crippen LogP contribution in [-0.2, 0) is 14.2 Å². The molecule has 118 valence electrons. The normalized spacial score (nSPS) is 10.4. The smallest absolute Gasteiger partial charge is 0.340 e. The van der Waals surface area contributed by atoms with E-state index in [0.717, 1.165) is 0 Å². The van der Waals surface area contributed by atoms with Gasteiger partial charge in [-0.05, 0) is 19.1 Å². The first-order chi connectivity index (χ1) is 10.1. The number of nitrogen functional groups attached to an aromatic ring is 1. The number of carbonyl (C=O) groups excluding carboxylic acids is 1. The number of benzene rings is 1. The number of hydrogen-bond acceptors (Lipinski definition) is 6. The van der Waals surface area contributed by atoms with Crippen molar-refractivity contribution in [1.29, 1.82) is 0 Å². The van der Waals surface area contributed by atoms with Crippen molar-refractivity contribution in [2.45, 2.75) is 6.92 Å². The lowest BCUT2D eigenvalue weighted by Gasteiger charge is -2.14. The highest BCUT2D eigenvalue weighted by molar-refractivity contribution is 6.34. The summed E-state index contributed by atoms with van der Waals surface area (Å²) >= 11 is 6.13. The van der Waals surface area contributed by atoms with E-state index < -0.39 is 5.97 Å². The first-order valence-electron chi connectivity index (χ1n) is 6.66. The number of esters is 1. The van der Waals surface area contributed by atoms with Gasteiger partial charge >= 0.3 is 5.97 Å². The molecule has 21 heavy (non-hydrogen) atoms. The van der Waals surface area contributed by atoms with Crippen molar-refractivity contribution in [1.82, 2.24) is 0 Å². The van der Waals surface area contributed by atoms with Gasteiger partial charge in [-0.15, -0.1) is 0 Å². The van der Waals surface area contributed by atoms with Crippen LogP contribution in [0.1, 0.15) is 17.3 Å². The topological polar surface area (TPSA) is 82.8 Å². The molecule has 3 N–H and O–H groups in total. The van der Waals surface area contributed by atoms with Crippen molar-refractivity contribution in [3.8, 4) is 0 Å². The molecule has 0 aliphatic heterocycles. The molecule has 0 atom stereocenters. The summed E-state index contributed by atoms with van der Waals surface area (Å²) in [6, 6.07) is 3.12. The standard InChI is InChI=1S/C14H21ClN2O4/c1-3-21-14(18)11-8-10(16)9-12(15)13(11)17-4-5-20-7-6-19-2/h8-9,17H,3-7,16H2,1-2H3. The zero-order valence-corrected chi connectivity index (χ0v) is 13.0. The molecule has 0 aliphatic rings. The van der Waals surface area contributed by atoms with Crippen LogP contribution >= 0.6 is 11.6 Å². The summed E-state index contributed by atoms with van der Waals surface area (Å²) in [7, 11) is 1.61. The largest absolute Gasteiger partial charge is 0.462 e. The van der Waals surface area contributed by atoms with Crippen LogP contribution in [0.2, 0.25) is 5.02 Å². The Morgan fingerprint density at radius 2 is 2.10 bits per heavy atom. The quantitative estimate of drug-likeness (QED) is 0.413.